The highest BCUT2D eigenvalue weighted by Gasteiger charge is 2.21. The molecule has 1 heterocycles. The summed E-state index contributed by atoms with van der Waals surface area (Å²) in [5.74, 6) is 3.57. The van der Waals surface area contributed by atoms with E-state index >= 15 is 0 Å². The Morgan fingerprint density at radius 2 is 1.93 bits per heavy atom. The highest BCUT2D eigenvalue weighted by Crippen LogP contribution is 2.32. The maximum atomic E-state index is 6.09. The molecule has 150 valence electrons. The normalized spacial score (nSPS) is 13.9. The van der Waals surface area contributed by atoms with Crippen LogP contribution >= 0.6 is 0 Å². The first kappa shape index (κ1) is 20.0. The Hall–Kier alpha value is -2.76. The number of nitrogens with zero attached hydrogens (tertiary/aromatic N) is 2. The lowest BCUT2D eigenvalue weighted by atomic mass is 10.2. The number of para-hydroxylation sites is 2. The number of pyridine rings is 1. The quantitative estimate of drug-likeness (QED) is 0.478. The summed E-state index contributed by atoms with van der Waals surface area (Å²) in [5, 5.41) is 6.71. The van der Waals surface area contributed by atoms with Crippen LogP contribution in [-0.2, 0) is 6.54 Å². The zero-order valence-corrected chi connectivity index (χ0v) is 16.8. The molecule has 1 aliphatic carbocycles. The van der Waals surface area contributed by atoms with E-state index in [2.05, 4.69) is 29.5 Å². The molecule has 0 bridgehead atoms. The number of nitrogens with one attached hydrogen (secondary N) is 2. The van der Waals surface area contributed by atoms with Crippen LogP contribution in [0.1, 0.15) is 38.7 Å². The van der Waals surface area contributed by atoms with Gasteiger partial charge in [0.05, 0.1) is 13.2 Å². The van der Waals surface area contributed by atoms with Crippen LogP contribution in [0.2, 0.25) is 0 Å². The molecule has 1 aromatic heterocycles. The van der Waals surface area contributed by atoms with Gasteiger partial charge in [0.2, 0.25) is 5.88 Å². The molecule has 6 heteroatoms. The summed E-state index contributed by atoms with van der Waals surface area (Å²) < 4.78 is 11.9. The first-order valence-electron chi connectivity index (χ1n) is 10.2. The van der Waals surface area contributed by atoms with E-state index in [1.807, 2.05) is 36.4 Å². The van der Waals surface area contributed by atoms with Gasteiger partial charge in [-0.05, 0) is 50.3 Å². The summed E-state index contributed by atoms with van der Waals surface area (Å²) >= 11 is 0. The van der Waals surface area contributed by atoms with Crippen LogP contribution in [0.4, 0.5) is 0 Å². The second kappa shape index (κ2) is 10.5. The van der Waals surface area contributed by atoms with Crippen molar-refractivity contribution < 1.29 is 9.47 Å². The lowest BCUT2D eigenvalue weighted by Crippen LogP contribution is -2.38. The Morgan fingerprint density at radius 1 is 1.11 bits per heavy atom. The third kappa shape index (κ3) is 6.15. The van der Waals surface area contributed by atoms with Crippen LogP contribution in [0.3, 0.4) is 0 Å². The maximum absolute atomic E-state index is 6.09. The van der Waals surface area contributed by atoms with E-state index in [0.717, 1.165) is 42.7 Å². The van der Waals surface area contributed by atoms with Crippen molar-refractivity contribution in [2.75, 3.05) is 19.7 Å². The van der Waals surface area contributed by atoms with Crippen molar-refractivity contribution in [3.63, 3.8) is 0 Å². The van der Waals surface area contributed by atoms with Gasteiger partial charge in [-0.3, -0.25) is 0 Å². The number of guanidine groups is 1. The van der Waals surface area contributed by atoms with Gasteiger partial charge in [0, 0.05) is 24.8 Å². The molecule has 0 spiro atoms. The Balaban J connectivity index is 1.71. The van der Waals surface area contributed by atoms with E-state index in [9.17, 15) is 0 Å². The molecule has 0 amide bonds. The number of ether oxygens (including phenoxy) is 2. The van der Waals surface area contributed by atoms with E-state index in [1.165, 1.54) is 12.8 Å². The number of benzene rings is 1. The summed E-state index contributed by atoms with van der Waals surface area (Å²) in [6, 6.07) is 11.6. The molecule has 1 aromatic carbocycles. The second-order valence-corrected chi connectivity index (χ2v) is 6.88. The molecule has 3 rings (SSSR count). The van der Waals surface area contributed by atoms with Crippen molar-refractivity contribution in [2.24, 2.45) is 10.9 Å². The summed E-state index contributed by atoms with van der Waals surface area (Å²) in [6.07, 6.45) is 5.30. The molecule has 2 N–H and O–H groups in total. The number of aromatic nitrogens is 1. The van der Waals surface area contributed by atoms with E-state index in [0.29, 0.717) is 24.8 Å². The topological polar surface area (TPSA) is 67.8 Å². The van der Waals surface area contributed by atoms with Gasteiger partial charge in [-0.25, -0.2) is 9.98 Å². The van der Waals surface area contributed by atoms with Crippen LogP contribution in [0, 0.1) is 5.92 Å². The van der Waals surface area contributed by atoms with Gasteiger partial charge in [0.25, 0.3) is 0 Å². The van der Waals surface area contributed by atoms with Gasteiger partial charge in [0.1, 0.15) is 0 Å². The highest BCUT2D eigenvalue weighted by molar-refractivity contribution is 5.79. The summed E-state index contributed by atoms with van der Waals surface area (Å²) in [5.41, 5.74) is 0.927. The second-order valence-electron chi connectivity index (χ2n) is 6.88. The number of hydrogen-bond donors (Lipinski definition) is 2. The predicted octanol–water partition coefficient (Wildman–Crippen LogP) is 4.13. The predicted molar refractivity (Wildman–Crippen MR) is 112 cm³/mol. The zero-order chi connectivity index (χ0) is 19.6. The smallest absolute Gasteiger partial charge is 0.224 e. The maximum Gasteiger partial charge on any atom is 0.224 e. The third-order valence-electron chi connectivity index (χ3n) is 4.37. The Labute approximate surface area is 167 Å². The fourth-order valence-electron chi connectivity index (χ4n) is 2.68. The molecule has 0 atom stereocenters. The van der Waals surface area contributed by atoms with Gasteiger partial charge in [0.15, 0.2) is 17.5 Å². The summed E-state index contributed by atoms with van der Waals surface area (Å²) in [6.45, 7) is 7.09. The molecular weight excluding hydrogens is 352 g/mol. The molecule has 1 fully saturated rings. The van der Waals surface area contributed by atoms with Crippen LogP contribution in [0.25, 0.3) is 0 Å². The molecule has 2 aromatic rings. The average molecular weight is 383 g/mol. The number of hydrogen-bond acceptors (Lipinski definition) is 4. The lowest BCUT2D eigenvalue weighted by Gasteiger charge is -2.14. The third-order valence-corrected chi connectivity index (χ3v) is 4.37. The van der Waals surface area contributed by atoms with E-state index in [1.54, 1.807) is 6.20 Å². The van der Waals surface area contributed by atoms with Gasteiger partial charge >= 0.3 is 0 Å². The zero-order valence-electron chi connectivity index (χ0n) is 16.8. The number of rotatable bonds is 10. The minimum atomic E-state index is 0.487. The average Bonchev–Trinajstić information content (AvgIpc) is 3.55. The minimum absolute atomic E-state index is 0.487. The van der Waals surface area contributed by atoms with Crippen LogP contribution in [0.5, 0.6) is 17.4 Å². The highest BCUT2D eigenvalue weighted by atomic mass is 16.5. The standard InChI is InChI=1S/C22H30N4O2/c1-3-14-27-19-9-5-6-10-20(19)28-21-18(8-7-13-24-21)16-26-22(23-4-2)25-15-17-11-12-17/h5-10,13,17H,3-4,11-12,14-16H2,1-2H3,(H2,23,25,26). The Bertz CT molecular complexity index is 775. The van der Waals surface area contributed by atoms with Crippen LogP contribution in [0.15, 0.2) is 47.6 Å². The molecule has 6 nitrogen and oxygen atoms in total. The SMILES string of the molecule is CCCOc1ccccc1Oc1ncccc1CN=C(NCC)NCC1CC1. The first-order chi connectivity index (χ1) is 13.8. The molecule has 1 aliphatic rings. The van der Waals surface area contributed by atoms with Gasteiger partial charge in [-0.1, -0.05) is 25.1 Å². The molecule has 0 unspecified atom stereocenters. The lowest BCUT2D eigenvalue weighted by molar-refractivity contribution is 0.300. The van der Waals surface area contributed by atoms with Gasteiger partial charge in [-0.15, -0.1) is 0 Å². The molecule has 28 heavy (non-hydrogen) atoms. The monoisotopic (exact) mass is 382 g/mol. The Kier molecular flexibility index (Phi) is 7.53. The summed E-state index contributed by atoms with van der Waals surface area (Å²) in [7, 11) is 0. The summed E-state index contributed by atoms with van der Waals surface area (Å²) in [4.78, 5) is 9.12. The van der Waals surface area contributed by atoms with Gasteiger partial charge < -0.3 is 20.1 Å². The van der Waals surface area contributed by atoms with Crippen molar-refractivity contribution >= 4 is 5.96 Å². The Morgan fingerprint density at radius 3 is 2.68 bits per heavy atom. The molecule has 0 aliphatic heterocycles. The van der Waals surface area contributed by atoms with E-state index in [4.69, 9.17) is 14.5 Å². The van der Waals surface area contributed by atoms with Crippen molar-refractivity contribution in [3.8, 4) is 17.4 Å². The van der Waals surface area contributed by atoms with Crippen molar-refractivity contribution in [2.45, 2.75) is 39.7 Å². The van der Waals surface area contributed by atoms with E-state index in [-0.39, 0.29) is 0 Å². The molecule has 0 saturated heterocycles. The molecule has 0 radical (unpaired) electrons. The van der Waals surface area contributed by atoms with Crippen LogP contribution < -0.4 is 20.1 Å². The first-order valence-corrected chi connectivity index (χ1v) is 10.2. The fourth-order valence-corrected chi connectivity index (χ4v) is 2.68. The van der Waals surface area contributed by atoms with E-state index < -0.39 is 0 Å². The fraction of sp³-hybridized carbons (Fsp3) is 0.455. The van der Waals surface area contributed by atoms with Crippen LogP contribution in [-0.4, -0.2) is 30.6 Å². The number of aliphatic imine (C=N–C) groups is 1. The minimum Gasteiger partial charge on any atom is -0.490 e. The van der Waals surface area contributed by atoms with Crippen molar-refractivity contribution in [1.82, 2.24) is 15.6 Å². The van der Waals surface area contributed by atoms with Crippen molar-refractivity contribution in [1.29, 1.82) is 0 Å². The molecule has 1 saturated carbocycles. The van der Waals surface area contributed by atoms with Crippen molar-refractivity contribution in [3.05, 3.63) is 48.2 Å². The van der Waals surface area contributed by atoms with Gasteiger partial charge in [-0.2, -0.15) is 0 Å². The largest absolute Gasteiger partial charge is 0.490 e. The molecular formula is C22H30N4O2.